The van der Waals surface area contributed by atoms with Crippen molar-refractivity contribution in [1.82, 2.24) is 14.6 Å². The molecule has 8 nitrogen and oxygen atoms in total. The van der Waals surface area contributed by atoms with Gasteiger partial charge in [-0.05, 0) is 0 Å². The average molecular weight is 655 g/mol. The third-order valence-electron chi connectivity index (χ3n) is 8.76. The molecule has 1 aromatic carbocycles. The van der Waals surface area contributed by atoms with Crippen LogP contribution in [0.4, 0.5) is 0 Å². The summed E-state index contributed by atoms with van der Waals surface area (Å²) in [6.45, 7) is 24.5. The van der Waals surface area contributed by atoms with E-state index >= 15 is 0 Å². The summed E-state index contributed by atoms with van der Waals surface area (Å²) in [6, 6.07) is 10.2. The van der Waals surface area contributed by atoms with Crippen molar-refractivity contribution in [2.24, 2.45) is 0 Å². The summed E-state index contributed by atoms with van der Waals surface area (Å²) in [7, 11) is -2.25. The van der Waals surface area contributed by atoms with E-state index < -0.39 is 28.6 Å². The Morgan fingerprint density at radius 2 is 1.57 bits per heavy atom. The number of nitrogens with one attached hydrogen (secondary N) is 1. The van der Waals surface area contributed by atoms with Crippen molar-refractivity contribution in [3.05, 3.63) is 62.9 Å². The first-order chi connectivity index (χ1) is 18.2. The predicted molar refractivity (Wildman–Crippen MR) is 169 cm³/mol. The molecule has 224 valence electrons. The average Bonchev–Trinajstić information content (AvgIpc) is 3.17. The van der Waals surface area contributed by atoms with Gasteiger partial charge in [0.25, 0.3) is 0 Å². The van der Waals surface area contributed by atoms with Gasteiger partial charge in [-0.15, -0.1) is 0 Å². The van der Waals surface area contributed by atoms with Gasteiger partial charge in [-0.3, -0.25) is 0 Å². The van der Waals surface area contributed by atoms with Crippen LogP contribution in [-0.4, -0.2) is 72.0 Å². The molecular weight excluding hydrogens is 605 g/mol. The summed E-state index contributed by atoms with van der Waals surface area (Å²) < 4.78 is 23.1. The molecule has 0 saturated carbocycles. The quantitative estimate of drug-likeness (QED) is 0.309. The van der Waals surface area contributed by atoms with Crippen molar-refractivity contribution >= 4 is 36.1 Å². The van der Waals surface area contributed by atoms with E-state index in [0.29, 0.717) is 12.2 Å². The number of aryl methyl sites for hydroxylation is 1. The summed E-state index contributed by atoms with van der Waals surface area (Å²) in [5.74, 6) is 0. The fourth-order valence-corrected chi connectivity index (χ4v) is 9.27. The number of rotatable bonds is 9. The van der Waals surface area contributed by atoms with E-state index in [4.69, 9.17) is 13.7 Å². The van der Waals surface area contributed by atoms with Crippen molar-refractivity contribution in [3.8, 4) is 0 Å². The molecule has 0 aliphatic carbocycles. The second kappa shape index (κ2) is 12.1. The molecule has 1 fully saturated rings. The number of nitrogens with zero attached hydrogens (tertiary/aromatic N) is 2. The van der Waals surface area contributed by atoms with E-state index in [1.54, 1.807) is 17.7 Å². The summed E-state index contributed by atoms with van der Waals surface area (Å²) in [6.07, 6.45) is 0.721. The summed E-state index contributed by atoms with van der Waals surface area (Å²) in [5, 5.41) is 2.07. The predicted octanol–water partition coefficient (Wildman–Crippen LogP) is 4.82. The van der Waals surface area contributed by atoms with Crippen molar-refractivity contribution in [3.63, 3.8) is 0 Å². The number of hydrogen-bond donors (Lipinski definition) is 1. The van der Waals surface area contributed by atoms with Gasteiger partial charge in [0, 0.05) is 0 Å². The van der Waals surface area contributed by atoms with E-state index in [1.807, 2.05) is 30.3 Å². The van der Waals surface area contributed by atoms with Crippen LogP contribution in [0.25, 0.3) is 0 Å². The maximum atomic E-state index is 13.1. The van der Waals surface area contributed by atoms with Gasteiger partial charge < -0.3 is 0 Å². The Morgan fingerprint density at radius 3 is 2.12 bits per heavy atom. The van der Waals surface area contributed by atoms with E-state index in [1.165, 1.54) is 4.46 Å². The Morgan fingerprint density at radius 1 is 1.00 bits per heavy atom. The topological polar surface area (TPSA) is 85.8 Å². The fraction of sp³-hybridized carbons (Fsp3) is 0.655. The molecule has 0 bridgehead atoms. The zero-order chi connectivity index (χ0) is 30.3. The summed E-state index contributed by atoms with van der Waals surface area (Å²) in [4.78, 5) is 27.8. The Hall–Kier alpha value is -1.31. The number of aromatic amines is 1. The number of hydroxylamine groups is 2. The first-order valence-corrected chi connectivity index (χ1v) is 21.7. The van der Waals surface area contributed by atoms with Crippen molar-refractivity contribution in [2.45, 2.75) is 108 Å². The second-order valence-corrected chi connectivity index (χ2v) is 26.0. The Labute approximate surface area is 248 Å². The van der Waals surface area contributed by atoms with Crippen LogP contribution in [0, 0.1) is 6.92 Å². The molecule has 1 aromatic heterocycles. The molecule has 2 aromatic rings. The Kier molecular flexibility index (Phi) is 10.1. The van der Waals surface area contributed by atoms with Gasteiger partial charge in [0.1, 0.15) is 0 Å². The first kappa shape index (κ1) is 33.2. The molecule has 1 aliphatic heterocycles. The molecule has 11 heteroatoms. The molecule has 0 amide bonds. The van der Waals surface area contributed by atoms with Gasteiger partial charge >= 0.3 is 249 Å². The molecule has 3 rings (SSSR count). The van der Waals surface area contributed by atoms with E-state index in [2.05, 4.69) is 84.8 Å². The molecule has 1 N–H and O–H groups in total. The van der Waals surface area contributed by atoms with Gasteiger partial charge in [0.2, 0.25) is 0 Å². The molecule has 4 atom stereocenters. The second-order valence-electron chi connectivity index (χ2n) is 13.9. The first-order valence-electron chi connectivity index (χ1n) is 14.0. The van der Waals surface area contributed by atoms with E-state index in [0.717, 1.165) is 0 Å². The van der Waals surface area contributed by atoms with Gasteiger partial charge in [-0.2, -0.15) is 0 Å². The number of ether oxygens (including phenoxy) is 1. The Balaban J connectivity index is 2.11. The molecule has 40 heavy (non-hydrogen) atoms. The molecule has 0 radical (unpaired) electrons. The molecule has 1 saturated heterocycles. The minimum absolute atomic E-state index is 0.0142. The monoisotopic (exact) mass is 655 g/mol. The standard InChI is InChI=1S/C29H49N3O5SeSi2/c1-20-18-32(27(34)30-25(20)33)26-24(38-21-16-14-13-15-17-21)23(31(8)37-40(11,12)29(5,6)7)22(36-26)19-35-39(9,10)28(2,3)4/h13-18,22-24,26H,19H2,1-12H3,(H,30,33,34). The third kappa shape index (κ3) is 7.36. The normalized spacial score (nSPS) is 22.7. The van der Waals surface area contributed by atoms with Crippen LogP contribution in [0.15, 0.2) is 46.1 Å². The van der Waals surface area contributed by atoms with Gasteiger partial charge in [-0.1, -0.05) is 0 Å². The molecule has 1 aliphatic rings. The minimum atomic E-state index is -2.18. The van der Waals surface area contributed by atoms with Crippen LogP contribution >= 0.6 is 0 Å². The van der Waals surface area contributed by atoms with Crippen LogP contribution in [-0.2, 0) is 13.7 Å². The number of H-pyrrole nitrogens is 1. The zero-order valence-electron chi connectivity index (χ0n) is 26.3. The third-order valence-corrected chi connectivity index (χ3v) is 20.4. The summed E-state index contributed by atoms with van der Waals surface area (Å²) in [5.41, 5.74) is -0.373. The number of likely N-dealkylation sites (N-methyl/N-ethyl adjacent to an activating group) is 1. The van der Waals surface area contributed by atoms with E-state index in [9.17, 15) is 9.59 Å². The molecule has 0 spiro atoms. The number of benzene rings is 1. The number of hydrogen-bond acceptors (Lipinski definition) is 6. The Bertz CT molecular complexity index is 1270. The van der Waals surface area contributed by atoms with Crippen LogP contribution in [0.5, 0.6) is 0 Å². The molecular formula is C29H49N3O5SeSi2. The van der Waals surface area contributed by atoms with Crippen LogP contribution in [0.2, 0.25) is 41.1 Å². The van der Waals surface area contributed by atoms with Crippen molar-refractivity contribution in [1.29, 1.82) is 0 Å². The zero-order valence-corrected chi connectivity index (χ0v) is 30.0. The van der Waals surface area contributed by atoms with Crippen molar-refractivity contribution < 1.29 is 13.7 Å². The SMILES string of the molecule is Cc1cn(C2OC(CO[Si](C)(C)C(C)(C)C)C(N(C)O[Si](C)(C)C(C)(C)C)C2[Se]c2ccccc2)c(=O)[nH]c1=O. The maximum absolute atomic E-state index is 13.1. The summed E-state index contributed by atoms with van der Waals surface area (Å²) >= 11 is -0.0726. The van der Waals surface area contributed by atoms with Crippen LogP contribution in [0.1, 0.15) is 53.3 Å². The molecule has 4 unspecified atom stereocenters. The van der Waals surface area contributed by atoms with E-state index in [-0.39, 0.29) is 47.6 Å². The van der Waals surface area contributed by atoms with Crippen LogP contribution < -0.4 is 15.7 Å². The van der Waals surface area contributed by atoms with Crippen LogP contribution in [0.3, 0.4) is 0 Å². The molecule has 2 heterocycles. The van der Waals surface area contributed by atoms with Gasteiger partial charge in [-0.25, -0.2) is 0 Å². The van der Waals surface area contributed by atoms with Gasteiger partial charge in [0.05, 0.1) is 0 Å². The van der Waals surface area contributed by atoms with Gasteiger partial charge in [0.15, 0.2) is 0 Å². The van der Waals surface area contributed by atoms with Crippen molar-refractivity contribution in [2.75, 3.05) is 13.7 Å². The number of aromatic nitrogens is 2. The fourth-order valence-electron chi connectivity index (χ4n) is 4.14.